The van der Waals surface area contributed by atoms with E-state index in [1.54, 1.807) is 36.4 Å². The number of anilines is 1. The Balaban J connectivity index is 2.10. The Kier molecular flexibility index (Phi) is 4.21. The van der Waals surface area contributed by atoms with Crippen molar-refractivity contribution in [3.8, 4) is 11.5 Å². The molecule has 0 bridgehead atoms. The van der Waals surface area contributed by atoms with Crippen molar-refractivity contribution in [2.24, 2.45) is 0 Å². The van der Waals surface area contributed by atoms with Gasteiger partial charge in [0.2, 0.25) is 5.91 Å². The standard InChI is InChI=1S/C17H14ClNO4/c1-10(20)19-14-9-16-15(22-6-7-23-16)8-12(14)17(21)11-4-2-3-5-13(11)18/h2-5,8-9H,6-7H2,1H3,(H,19,20). The number of halogens is 1. The van der Waals surface area contributed by atoms with Crippen molar-refractivity contribution >= 4 is 29.0 Å². The second-order valence-electron chi connectivity index (χ2n) is 5.03. The third-order valence-electron chi connectivity index (χ3n) is 3.36. The molecular weight excluding hydrogens is 318 g/mol. The maximum Gasteiger partial charge on any atom is 0.221 e. The van der Waals surface area contributed by atoms with E-state index in [1.165, 1.54) is 6.92 Å². The Morgan fingerprint density at radius 3 is 2.35 bits per heavy atom. The van der Waals surface area contributed by atoms with E-state index >= 15 is 0 Å². The lowest BCUT2D eigenvalue weighted by atomic mass is 10.0. The van der Waals surface area contributed by atoms with Gasteiger partial charge in [-0.1, -0.05) is 23.7 Å². The zero-order valence-corrected chi connectivity index (χ0v) is 13.1. The molecule has 0 radical (unpaired) electrons. The Morgan fingerprint density at radius 2 is 1.70 bits per heavy atom. The fourth-order valence-corrected chi connectivity index (χ4v) is 2.58. The van der Waals surface area contributed by atoms with Crippen LogP contribution in [-0.4, -0.2) is 24.9 Å². The molecule has 0 aromatic heterocycles. The van der Waals surface area contributed by atoms with Gasteiger partial charge in [0.15, 0.2) is 17.3 Å². The monoisotopic (exact) mass is 331 g/mol. The molecule has 5 nitrogen and oxygen atoms in total. The molecule has 1 aliphatic rings. The summed E-state index contributed by atoms with van der Waals surface area (Å²) in [6.07, 6.45) is 0. The highest BCUT2D eigenvalue weighted by Crippen LogP contribution is 2.37. The lowest BCUT2D eigenvalue weighted by Gasteiger charge is -2.21. The minimum absolute atomic E-state index is 0.283. The zero-order valence-electron chi connectivity index (χ0n) is 12.4. The average Bonchev–Trinajstić information content (AvgIpc) is 2.53. The first-order valence-electron chi connectivity index (χ1n) is 7.06. The number of carbonyl (C=O) groups is 2. The molecule has 6 heteroatoms. The van der Waals surface area contributed by atoms with Crippen LogP contribution in [0.3, 0.4) is 0 Å². The quantitative estimate of drug-likeness (QED) is 0.876. The molecular formula is C17H14ClNO4. The summed E-state index contributed by atoms with van der Waals surface area (Å²) in [7, 11) is 0. The van der Waals surface area contributed by atoms with E-state index in [4.69, 9.17) is 21.1 Å². The number of ether oxygens (including phenoxy) is 2. The normalized spacial score (nSPS) is 12.6. The minimum Gasteiger partial charge on any atom is -0.486 e. The number of nitrogens with one attached hydrogen (secondary N) is 1. The van der Waals surface area contributed by atoms with Gasteiger partial charge in [-0.25, -0.2) is 0 Å². The van der Waals surface area contributed by atoms with E-state index in [-0.39, 0.29) is 11.7 Å². The first kappa shape index (κ1) is 15.4. The molecule has 0 saturated carbocycles. The van der Waals surface area contributed by atoms with Gasteiger partial charge < -0.3 is 14.8 Å². The van der Waals surface area contributed by atoms with Crippen molar-refractivity contribution in [1.29, 1.82) is 0 Å². The molecule has 1 heterocycles. The molecule has 1 amide bonds. The van der Waals surface area contributed by atoms with Crippen LogP contribution in [0.2, 0.25) is 5.02 Å². The Hall–Kier alpha value is -2.53. The van der Waals surface area contributed by atoms with Crippen molar-refractivity contribution in [2.45, 2.75) is 6.92 Å². The summed E-state index contributed by atoms with van der Waals surface area (Å²) in [5.41, 5.74) is 1.03. The summed E-state index contributed by atoms with van der Waals surface area (Å²) in [6, 6.07) is 9.93. The van der Waals surface area contributed by atoms with Crippen LogP contribution in [-0.2, 0) is 4.79 Å². The fourth-order valence-electron chi connectivity index (χ4n) is 2.36. The first-order chi connectivity index (χ1) is 11.1. The van der Waals surface area contributed by atoms with Gasteiger partial charge in [0.1, 0.15) is 13.2 Å². The Labute approximate surface area is 138 Å². The van der Waals surface area contributed by atoms with Gasteiger partial charge >= 0.3 is 0 Å². The number of rotatable bonds is 3. The number of hydrogen-bond donors (Lipinski definition) is 1. The smallest absolute Gasteiger partial charge is 0.221 e. The van der Waals surface area contributed by atoms with Gasteiger partial charge in [0.05, 0.1) is 16.3 Å². The lowest BCUT2D eigenvalue weighted by Crippen LogP contribution is -2.18. The average molecular weight is 332 g/mol. The number of ketones is 1. The van der Waals surface area contributed by atoms with Crippen LogP contribution in [0.25, 0.3) is 0 Å². The predicted molar refractivity (Wildman–Crippen MR) is 86.6 cm³/mol. The molecule has 23 heavy (non-hydrogen) atoms. The number of fused-ring (bicyclic) bond motifs is 1. The molecule has 2 aromatic carbocycles. The Bertz CT molecular complexity index is 788. The van der Waals surface area contributed by atoms with Gasteiger partial charge in [0, 0.05) is 18.6 Å². The van der Waals surface area contributed by atoms with Gasteiger partial charge in [0.25, 0.3) is 0 Å². The fraction of sp³-hybridized carbons (Fsp3) is 0.176. The molecule has 0 spiro atoms. The maximum absolute atomic E-state index is 12.8. The molecule has 0 aliphatic carbocycles. The molecule has 0 fully saturated rings. The number of benzene rings is 2. The predicted octanol–water partition coefficient (Wildman–Crippen LogP) is 3.30. The van der Waals surface area contributed by atoms with Crippen LogP contribution in [0.5, 0.6) is 11.5 Å². The summed E-state index contributed by atoms with van der Waals surface area (Å²) in [4.78, 5) is 24.3. The van der Waals surface area contributed by atoms with Crippen LogP contribution >= 0.6 is 11.6 Å². The summed E-state index contributed by atoms with van der Waals surface area (Å²) in [5.74, 6) is 0.391. The molecule has 1 aliphatic heterocycles. The van der Waals surface area contributed by atoms with Gasteiger partial charge in [-0.15, -0.1) is 0 Å². The van der Waals surface area contributed by atoms with Gasteiger partial charge in [-0.05, 0) is 18.2 Å². The highest BCUT2D eigenvalue weighted by Gasteiger charge is 2.22. The van der Waals surface area contributed by atoms with Crippen LogP contribution < -0.4 is 14.8 Å². The summed E-state index contributed by atoms with van der Waals surface area (Å²) >= 11 is 6.11. The van der Waals surface area contributed by atoms with E-state index in [0.29, 0.717) is 46.5 Å². The topological polar surface area (TPSA) is 64.6 Å². The van der Waals surface area contributed by atoms with Crippen LogP contribution in [0.15, 0.2) is 36.4 Å². The number of hydrogen-bond acceptors (Lipinski definition) is 4. The second kappa shape index (κ2) is 6.30. The van der Waals surface area contributed by atoms with E-state index in [0.717, 1.165) is 0 Å². The van der Waals surface area contributed by atoms with Gasteiger partial charge in [-0.3, -0.25) is 9.59 Å². The van der Waals surface area contributed by atoms with E-state index in [1.807, 2.05) is 0 Å². The highest BCUT2D eigenvalue weighted by atomic mass is 35.5. The SMILES string of the molecule is CC(=O)Nc1cc2c(cc1C(=O)c1ccccc1Cl)OCCO2. The van der Waals surface area contributed by atoms with E-state index in [2.05, 4.69) is 5.32 Å². The molecule has 3 rings (SSSR count). The van der Waals surface area contributed by atoms with Crippen molar-refractivity contribution in [2.75, 3.05) is 18.5 Å². The molecule has 2 aromatic rings. The second-order valence-corrected chi connectivity index (χ2v) is 5.44. The molecule has 0 saturated heterocycles. The number of amides is 1. The van der Waals surface area contributed by atoms with Crippen molar-refractivity contribution < 1.29 is 19.1 Å². The molecule has 118 valence electrons. The third kappa shape index (κ3) is 3.14. The summed E-state index contributed by atoms with van der Waals surface area (Å²) in [6.45, 7) is 2.21. The van der Waals surface area contributed by atoms with Crippen molar-refractivity contribution in [3.05, 3.63) is 52.5 Å². The summed E-state index contributed by atoms with van der Waals surface area (Å²) < 4.78 is 11.0. The van der Waals surface area contributed by atoms with Crippen molar-refractivity contribution in [1.82, 2.24) is 0 Å². The van der Waals surface area contributed by atoms with Crippen LogP contribution in [0, 0.1) is 0 Å². The van der Waals surface area contributed by atoms with Gasteiger partial charge in [-0.2, -0.15) is 0 Å². The molecule has 0 atom stereocenters. The van der Waals surface area contributed by atoms with E-state index < -0.39 is 0 Å². The van der Waals surface area contributed by atoms with E-state index in [9.17, 15) is 9.59 Å². The van der Waals surface area contributed by atoms with Crippen LogP contribution in [0.4, 0.5) is 5.69 Å². The highest BCUT2D eigenvalue weighted by molar-refractivity contribution is 6.35. The Morgan fingerprint density at radius 1 is 1.04 bits per heavy atom. The maximum atomic E-state index is 12.8. The van der Waals surface area contributed by atoms with Crippen LogP contribution in [0.1, 0.15) is 22.8 Å². The molecule has 0 unspecified atom stereocenters. The lowest BCUT2D eigenvalue weighted by molar-refractivity contribution is -0.114. The number of carbonyl (C=O) groups excluding carboxylic acids is 2. The largest absolute Gasteiger partial charge is 0.486 e. The molecule has 1 N–H and O–H groups in total. The summed E-state index contributed by atoms with van der Waals surface area (Å²) in [5, 5.41) is 3.00. The van der Waals surface area contributed by atoms with Crippen molar-refractivity contribution in [3.63, 3.8) is 0 Å². The first-order valence-corrected chi connectivity index (χ1v) is 7.44. The zero-order chi connectivity index (χ0) is 16.4. The minimum atomic E-state index is -0.295. The third-order valence-corrected chi connectivity index (χ3v) is 3.69.